The number of hydrogen-bond acceptors (Lipinski definition) is 2. The third kappa shape index (κ3) is 2.73. The quantitative estimate of drug-likeness (QED) is 0.743. The second kappa shape index (κ2) is 4.60. The van der Waals surface area contributed by atoms with Gasteiger partial charge in [0.25, 0.3) is 0 Å². The molecule has 0 bridgehead atoms. The van der Waals surface area contributed by atoms with Crippen LogP contribution in [0.5, 0.6) is 0 Å². The molecule has 1 aromatic rings. The zero-order valence-electron chi connectivity index (χ0n) is 8.40. The minimum Gasteiger partial charge on any atom is -0.478 e. The summed E-state index contributed by atoms with van der Waals surface area (Å²) in [6.07, 6.45) is 6.14. The van der Waals surface area contributed by atoms with Crippen LogP contribution in [0.25, 0.3) is 6.08 Å². The van der Waals surface area contributed by atoms with Crippen molar-refractivity contribution in [1.29, 1.82) is 0 Å². The second-order valence-electron chi connectivity index (χ2n) is 3.17. The van der Waals surface area contributed by atoms with E-state index < -0.39 is 5.97 Å². The van der Waals surface area contributed by atoms with Gasteiger partial charge in [0.05, 0.1) is 6.20 Å². The van der Waals surface area contributed by atoms with E-state index in [9.17, 15) is 4.79 Å². The number of hydrogen-bond donors (Lipinski definition) is 1. The maximum absolute atomic E-state index is 10.5. The third-order valence-electron chi connectivity index (χ3n) is 1.83. The van der Waals surface area contributed by atoms with Crippen molar-refractivity contribution in [3.63, 3.8) is 0 Å². The van der Waals surface area contributed by atoms with E-state index in [1.54, 1.807) is 23.9 Å². The zero-order valence-corrected chi connectivity index (χ0v) is 8.40. The van der Waals surface area contributed by atoms with E-state index in [2.05, 4.69) is 12.0 Å². The van der Waals surface area contributed by atoms with Crippen molar-refractivity contribution in [2.24, 2.45) is 0 Å². The first-order valence-electron chi connectivity index (χ1n) is 4.57. The van der Waals surface area contributed by atoms with E-state index in [-0.39, 0.29) is 0 Å². The van der Waals surface area contributed by atoms with Gasteiger partial charge in [-0.3, -0.25) is 4.68 Å². The molecule has 0 amide bonds. The van der Waals surface area contributed by atoms with Gasteiger partial charge in [-0.1, -0.05) is 6.92 Å². The largest absolute Gasteiger partial charge is 0.478 e. The minimum atomic E-state index is -0.895. The average Bonchev–Trinajstić information content (AvgIpc) is 2.53. The minimum absolute atomic E-state index is 0.320. The highest BCUT2D eigenvalue weighted by Crippen LogP contribution is 2.05. The highest BCUT2D eigenvalue weighted by Gasteiger charge is 2.01. The molecule has 0 saturated carbocycles. The molecular formula is C10H14N2O2. The number of aliphatic carboxylic acids is 1. The number of aryl methyl sites for hydroxylation is 1. The molecule has 0 fully saturated rings. The molecule has 76 valence electrons. The summed E-state index contributed by atoms with van der Waals surface area (Å²) < 4.78 is 1.81. The van der Waals surface area contributed by atoms with Crippen LogP contribution in [0, 0.1) is 0 Å². The Balaban J connectivity index is 2.77. The van der Waals surface area contributed by atoms with Crippen molar-refractivity contribution in [2.45, 2.75) is 26.8 Å². The van der Waals surface area contributed by atoms with Gasteiger partial charge in [-0.15, -0.1) is 0 Å². The number of carboxylic acid groups (broad SMARTS) is 1. The number of carboxylic acids is 1. The van der Waals surface area contributed by atoms with Crippen LogP contribution in [0.3, 0.4) is 0 Å². The first kappa shape index (κ1) is 10.5. The van der Waals surface area contributed by atoms with Gasteiger partial charge in [-0.05, 0) is 19.4 Å². The normalized spacial score (nSPS) is 11.7. The maximum atomic E-state index is 10.5. The van der Waals surface area contributed by atoms with Crippen LogP contribution >= 0.6 is 0 Å². The number of rotatable bonds is 4. The lowest BCUT2D eigenvalue weighted by molar-refractivity contribution is -0.132. The smallest absolute Gasteiger partial charge is 0.331 e. The molecule has 0 unspecified atom stereocenters. The topological polar surface area (TPSA) is 55.1 Å². The molecule has 0 aliphatic carbocycles. The summed E-state index contributed by atoms with van der Waals surface area (Å²) in [6, 6.07) is 0. The predicted octanol–water partition coefficient (Wildman–Crippen LogP) is 1.78. The molecule has 1 rings (SSSR count). The highest BCUT2D eigenvalue weighted by atomic mass is 16.4. The molecular weight excluding hydrogens is 180 g/mol. The molecule has 0 aromatic carbocycles. The second-order valence-corrected chi connectivity index (χ2v) is 3.17. The van der Waals surface area contributed by atoms with Crippen molar-refractivity contribution < 1.29 is 9.90 Å². The first-order chi connectivity index (χ1) is 6.63. The van der Waals surface area contributed by atoms with Crippen LogP contribution in [-0.2, 0) is 11.3 Å². The summed E-state index contributed by atoms with van der Waals surface area (Å²) in [6.45, 7) is 4.50. The highest BCUT2D eigenvalue weighted by molar-refractivity contribution is 5.91. The monoisotopic (exact) mass is 194 g/mol. The molecule has 1 N–H and O–H groups in total. The van der Waals surface area contributed by atoms with Gasteiger partial charge in [0.2, 0.25) is 0 Å². The Labute approximate surface area is 82.9 Å². The lowest BCUT2D eigenvalue weighted by Gasteiger charge is -1.94. The van der Waals surface area contributed by atoms with Crippen molar-refractivity contribution in [1.82, 2.24) is 9.78 Å². The van der Waals surface area contributed by atoms with Gasteiger partial charge in [0, 0.05) is 23.9 Å². The molecule has 1 aromatic heterocycles. The molecule has 0 spiro atoms. The van der Waals surface area contributed by atoms with Gasteiger partial charge in [-0.2, -0.15) is 5.10 Å². The molecule has 0 saturated heterocycles. The fourth-order valence-electron chi connectivity index (χ4n) is 1.12. The molecule has 1 heterocycles. The van der Waals surface area contributed by atoms with Crippen molar-refractivity contribution in [3.8, 4) is 0 Å². The molecule has 0 aliphatic heterocycles. The van der Waals surface area contributed by atoms with Gasteiger partial charge in [0.15, 0.2) is 0 Å². The number of carbonyl (C=O) groups is 1. The summed E-state index contributed by atoms with van der Waals surface area (Å²) in [7, 11) is 0. The van der Waals surface area contributed by atoms with Gasteiger partial charge >= 0.3 is 5.97 Å². The Hall–Kier alpha value is -1.58. The summed E-state index contributed by atoms with van der Waals surface area (Å²) >= 11 is 0. The van der Waals surface area contributed by atoms with Crippen LogP contribution in [0.1, 0.15) is 25.8 Å². The van der Waals surface area contributed by atoms with E-state index in [4.69, 9.17) is 5.11 Å². The predicted molar refractivity (Wildman–Crippen MR) is 53.8 cm³/mol. The van der Waals surface area contributed by atoms with Crippen molar-refractivity contribution in [3.05, 3.63) is 23.5 Å². The number of nitrogens with zero attached hydrogens (tertiary/aromatic N) is 2. The van der Waals surface area contributed by atoms with Gasteiger partial charge in [-0.25, -0.2) is 4.79 Å². The fraction of sp³-hybridized carbons (Fsp3) is 0.400. The lowest BCUT2D eigenvalue weighted by atomic mass is 10.2. The van der Waals surface area contributed by atoms with Crippen LogP contribution in [-0.4, -0.2) is 20.9 Å². The van der Waals surface area contributed by atoms with Gasteiger partial charge < -0.3 is 5.11 Å². The number of aromatic nitrogens is 2. The van der Waals surface area contributed by atoms with E-state index in [0.29, 0.717) is 5.57 Å². The van der Waals surface area contributed by atoms with Crippen LogP contribution in [0.2, 0.25) is 0 Å². The van der Waals surface area contributed by atoms with E-state index in [0.717, 1.165) is 18.5 Å². The van der Waals surface area contributed by atoms with E-state index in [1.807, 2.05) is 6.20 Å². The van der Waals surface area contributed by atoms with Crippen molar-refractivity contribution in [2.75, 3.05) is 0 Å². The Morgan fingerprint density at radius 2 is 2.43 bits per heavy atom. The Morgan fingerprint density at radius 1 is 1.71 bits per heavy atom. The average molecular weight is 194 g/mol. The lowest BCUT2D eigenvalue weighted by Crippen LogP contribution is -1.96. The van der Waals surface area contributed by atoms with Crippen LogP contribution in [0.4, 0.5) is 0 Å². The fourth-order valence-corrected chi connectivity index (χ4v) is 1.12. The SMILES string of the molecule is CCCn1cc(/C=C(/C)C(=O)O)cn1. The van der Waals surface area contributed by atoms with Crippen LogP contribution in [0.15, 0.2) is 18.0 Å². The zero-order chi connectivity index (χ0) is 10.6. The summed E-state index contributed by atoms with van der Waals surface area (Å²) in [5.41, 5.74) is 1.15. The summed E-state index contributed by atoms with van der Waals surface area (Å²) in [5, 5.41) is 12.8. The van der Waals surface area contributed by atoms with E-state index in [1.165, 1.54) is 0 Å². The molecule has 0 radical (unpaired) electrons. The molecule has 0 aliphatic rings. The molecule has 14 heavy (non-hydrogen) atoms. The third-order valence-corrected chi connectivity index (χ3v) is 1.83. The first-order valence-corrected chi connectivity index (χ1v) is 4.57. The standard InChI is InChI=1S/C10H14N2O2/c1-3-4-12-7-9(6-11-12)5-8(2)10(13)14/h5-7H,3-4H2,1-2H3,(H,13,14)/b8-5-. The molecule has 4 heteroatoms. The van der Waals surface area contributed by atoms with Gasteiger partial charge in [0.1, 0.15) is 0 Å². The summed E-state index contributed by atoms with van der Waals surface area (Å²) in [5.74, 6) is -0.895. The maximum Gasteiger partial charge on any atom is 0.331 e. The molecule has 0 atom stereocenters. The Kier molecular flexibility index (Phi) is 3.45. The van der Waals surface area contributed by atoms with Crippen molar-refractivity contribution >= 4 is 12.0 Å². The molecule has 4 nitrogen and oxygen atoms in total. The van der Waals surface area contributed by atoms with E-state index >= 15 is 0 Å². The summed E-state index contributed by atoms with van der Waals surface area (Å²) in [4.78, 5) is 10.5. The Morgan fingerprint density at radius 3 is 3.00 bits per heavy atom. The van der Waals surface area contributed by atoms with Crippen LogP contribution < -0.4 is 0 Å². The Bertz CT molecular complexity index is 353.